The van der Waals surface area contributed by atoms with Gasteiger partial charge in [0.1, 0.15) is 0 Å². The lowest BCUT2D eigenvalue weighted by atomic mass is 9.86. The molecular formula is C21H31NO3. The van der Waals surface area contributed by atoms with Gasteiger partial charge in [0.15, 0.2) is 6.10 Å². The lowest BCUT2D eigenvalue weighted by Gasteiger charge is -2.30. The summed E-state index contributed by atoms with van der Waals surface area (Å²) in [5, 5.41) is 3.04. The summed E-state index contributed by atoms with van der Waals surface area (Å²) in [7, 11) is 0. The van der Waals surface area contributed by atoms with Gasteiger partial charge in [0, 0.05) is 6.04 Å². The normalized spacial score (nSPS) is 22.1. The quantitative estimate of drug-likeness (QED) is 0.831. The van der Waals surface area contributed by atoms with Gasteiger partial charge in [-0.3, -0.25) is 4.79 Å². The number of esters is 1. The van der Waals surface area contributed by atoms with Crippen molar-refractivity contribution in [3.05, 3.63) is 35.4 Å². The highest BCUT2D eigenvalue weighted by molar-refractivity contribution is 5.92. The monoisotopic (exact) mass is 345 g/mol. The fourth-order valence-corrected chi connectivity index (χ4v) is 3.22. The Hall–Kier alpha value is -1.84. The Morgan fingerprint density at radius 2 is 1.72 bits per heavy atom. The van der Waals surface area contributed by atoms with E-state index in [1.807, 2.05) is 12.1 Å². The van der Waals surface area contributed by atoms with Gasteiger partial charge in [-0.2, -0.15) is 0 Å². The third-order valence-electron chi connectivity index (χ3n) is 5.08. The van der Waals surface area contributed by atoms with E-state index in [0.717, 1.165) is 24.8 Å². The average Bonchev–Trinajstić information content (AvgIpc) is 2.56. The maximum atomic E-state index is 12.3. The van der Waals surface area contributed by atoms with Crippen molar-refractivity contribution in [3.63, 3.8) is 0 Å². The number of carbonyl (C=O) groups is 2. The fourth-order valence-electron chi connectivity index (χ4n) is 3.22. The molecule has 2 rings (SSSR count). The van der Waals surface area contributed by atoms with Gasteiger partial charge < -0.3 is 10.1 Å². The van der Waals surface area contributed by atoms with E-state index in [1.165, 1.54) is 6.42 Å². The van der Waals surface area contributed by atoms with Crippen LogP contribution < -0.4 is 5.32 Å². The Morgan fingerprint density at radius 3 is 2.28 bits per heavy atom. The zero-order valence-corrected chi connectivity index (χ0v) is 16.1. The number of hydrogen-bond acceptors (Lipinski definition) is 3. The first-order valence-electron chi connectivity index (χ1n) is 9.30. The first kappa shape index (κ1) is 19.5. The third kappa shape index (κ3) is 5.32. The van der Waals surface area contributed by atoms with E-state index in [-0.39, 0.29) is 17.4 Å². The van der Waals surface area contributed by atoms with Gasteiger partial charge in [-0.15, -0.1) is 0 Å². The largest absolute Gasteiger partial charge is 0.449 e. The number of carbonyl (C=O) groups excluding carboxylic acids is 2. The van der Waals surface area contributed by atoms with E-state index in [0.29, 0.717) is 11.5 Å². The standard InChI is InChI=1S/C21H31NO3/c1-14-8-6-7-9-18(14)22-19(23)15(2)25-20(24)16-10-12-17(13-11-16)21(3,4)5/h10-15,18H,6-9H2,1-5H3,(H,22,23)/t14-,15-,18+/m1/s1. The predicted molar refractivity (Wildman–Crippen MR) is 99.6 cm³/mol. The smallest absolute Gasteiger partial charge is 0.338 e. The van der Waals surface area contributed by atoms with Crippen LogP contribution in [0.25, 0.3) is 0 Å². The van der Waals surface area contributed by atoms with Crippen LogP contribution in [0.2, 0.25) is 0 Å². The molecule has 4 heteroatoms. The minimum Gasteiger partial charge on any atom is -0.449 e. The van der Waals surface area contributed by atoms with Crippen molar-refractivity contribution in [1.82, 2.24) is 5.32 Å². The Labute approximate surface area is 151 Å². The van der Waals surface area contributed by atoms with Crippen LogP contribution in [0.15, 0.2) is 24.3 Å². The van der Waals surface area contributed by atoms with Gasteiger partial charge in [0.25, 0.3) is 5.91 Å². The van der Waals surface area contributed by atoms with Crippen LogP contribution >= 0.6 is 0 Å². The molecule has 1 saturated carbocycles. The summed E-state index contributed by atoms with van der Waals surface area (Å²) in [6.07, 6.45) is 3.72. The van der Waals surface area contributed by atoms with Gasteiger partial charge in [-0.05, 0) is 48.8 Å². The lowest BCUT2D eigenvalue weighted by Crippen LogP contribution is -2.45. The molecule has 1 aliphatic rings. The number of amides is 1. The number of benzene rings is 1. The number of nitrogens with one attached hydrogen (secondary N) is 1. The van der Waals surface area contributed by atoms with Gasteiger partial charge in [0.2, 0.25) is 0 Å². The second-order valence-electron chi connectivity index (χ2n) is 8.25. The molecule has 1 aromatic rings. The molecular weight excluding hydrogens is 314 g/mol. The minimum absolute atomic E-state index is 0.0340. The van der Waals surface area contributed by atoms with Crippen LogP contribution in [0.4, 0.5) is 0 Å². The highest BCUT2D eigenvalue weighted by atomic mass is 16.5. The summed E-state index contributed by atoms with van der Waals surface area (Å²) in [6, 6.07) is 7.58. The number of hydrogen-bond donors (Lipinski definition) is 1. The molecule has 0 aromatic heterocycles. The molecule has 0 saturated heterocycles. The van der Waals surface area contributed by atoms with Crippen molar-refractivity contribution in [2.24, 2.45) is 5.92 Å². The summed E-state index contributed by atoms with van der Waals surface area (Å²) in [5.74, 6) is -0.191. The highest BCUT2D eigenvalue weighted by Gasteiger charge is 2.26. The van der Waals surface area contributed by atoms with E-state index in [2.05, 4.69) is 33.0 Å². The van der Waals surface area contributed by atoms with Crippen molar-refractivity contribution in [1.29, 1.82) is 0 Å². The summed E-state index contributed by atoms with van der Waals surface area (Å²) < 4.78 is 5.35. The van der Waals surface area contributed by atoms with Gasteiger partial charge in [0.05, 0.1) is 5.56 Å². The van der Waals surface area contributed by atoms with Crippen LogP contribution in [0.5, 0.6) is 0 Å². The van der Waals surface area contributed by atoms with E-state index in [4.69, 9.17) is 4.74 Å². The molecule has 1 fully saturated rings. The number of ether oxygens (including phenoxy) is 1. The van der Waals surface area contributed by atoms with Gasteiger partial charge in [-0.1, -0.05) is 52.7 Å². The van der Waals surface area contributed by atoms with E-state index in [1.54, 1.807) is 19.1 Å². The zero-order chi connectivity index (χ0) is 18.6. The first-order chi connectivity index (χ1) is 11.7. The average molecular weight is 345 g/mol. The van der Waals surface area contributed by atoms with Crippen molar-refractivity contribution in [2.45, 2.75) is 77.9 Å². The van der Waals surface area contributed by atoms with Crippen molar-refractivity contribution >= 4 is 11.9 Å². The predicted octanol–water partition coefficient (Wildman–Crippen LogP) is 4.22. The van der Waals surface area contributed by atoms with Gasteiger partial charge >= 0.3 is 5.97 Å². The molecule has 1 amide bonds. The topological polar surface area (TPSA) is 55.4 Å². The molecule has 1 aromatic carbocycles. The molecule has 0 heterocycles. The molecule has 0 bridgehead atoms. The van der Waals surface area contributed by atoms with Crippen LogP contribution in [0.3, 0.4) is 0 Å². The molecule has 1 N–H and O–H groups in total. The maximum Gasteiger partial charge on any atom is 0.338 e. The van der Waals surface area contributed by atoms with Crippen molar-refractivity contribution < 1.29 is 14.3 Å². The lowest BCUT2D eigenvalue weighted by molar-refractivity contribution is -0.130. The molecule has 0 spiro atoms. The second kappa shape index (κ2) is 8.03. The van der Waals surface area contributed by atoms with Gasteiger partial charge in [-0.25, -0.2) is 4.79 Å². The van der Waals surface area contributed by atoms with Crippen molar-refractivity contribution in [3.8, 4) is 0 Å². The van der Waals surface area contributed by atoms with E-state index in [9.17, 15) is 9.59 Å². The molecule has 3 atom stereocenters. The molecule has 0 radical (unpaired) electrons. The van der Waals surface area contributed by atoms with E-state index >= 15 is 0 Å². The molecule has 138 valence electrons. The summed E-state index contributed by atoms with van der Waals surface area (Å²) in [5.41, 5.74) is 1.66. The SMILES string of the molecule is C[C@@H]1CCCC[C@@H]1NC(=O)[C@@H](C)OC(=O)c1ccc(C(C)(C)C)cc1. The summed E-state index contributed by atoms with van der Waals surface area (Å²) >= 11 is 0. The van der Waals surface area contributed by atoms with Crippen LogP contribution in [0.1, 0.15) is 76.2 Å². The zero-order valence-electron chi connectivity index (χ0n) is 16.1. The maximum absolute atomic E-state index is 12.3. The summed E-state index contributed by atoms with van der Waals surface area (Å²) in [4.78, 5) is 24.6. The van der Waals surface area contributed by atoms with E-state index < -0.39 is 12.1 Å². The molecule has 0 unspecified atom stereocenters. The Balaban J connectivity index is 1.91. The molecule has 4 nitrogen and oxygen atoms in total. The Morgan fingerprint density at radius 1 is 1.12 bits per heavy atom. The first-order valence-corrected chi connectivity index (χ1v) is 9.30. The van der Waals surface area contributed by atoms with Crippen LogP contribution in [-0.2, 0) is 14.9 Å². The Kier molecular flexibility index (Phi) is 6.26. The fraction of sp³-hybridized carbons (Fsp3) is 0.619. The summed E-state index contributed by atoms with van der Waals surface area (Å²) in [6.45, 7) is 10.2. The van der Waals surface area contributed by atoms with Crippen LogP contribution in [0, 0.1) is 5.92 Å². The Bertz CT molecular complexity index is 601. The molecule has 0 aliphatic heterocycles. The third-order valence-corrected chi connectivity index (χ3v) is 5.08. The minimum atomic E-state index is -0.788. The van der Waals surface area contributed by atoms with Crippen LogP contribution in [-0.4, -0.2) is 24.0 Å². The highest BCUT2D eigenvalue weighted by Crippen LogP contribution is 2.24. The van der Waals surface area contributed by atoms with Crippen molar-refractivity contribution in [2.75, 3.05) is 0 Å². The molecule has 25 heavy (non-hydrogen) atoms. The second-order valence-corrected chi connectivity index (χ2v) is 8.25. The molecule has 1 aliphatic carbocycles. The number of rotatable bonds is 4.